The van der Waals surface area contributed by atoms with Gasteiger partial charge < -0.3 is 56.5 Å². The normalized spacial score (nSPS) is 14.2. The van der Waals surface area contributed by atoms with Gasteiger partial charge in [-0.1, -0.05) is 88.7 Å². The van der Waals surface area contributed by atoms with Gasteiger partial charge in [-0.15, -0.1) is 0 Å². The Morgan fingerprint density at radius 1 is 0.647 bits per heavy atom. The topological polar surface area (TPSA) is 269 Å². The van der Waals surface area contributed by atoms with E-state index >= 15 is 0 Å². The molecule has 370 valence electrons. The van der Waals surface area contributed by atoms with E-state index in [4.69, 9.17) is 14.2 Å². The number of hydrogen-bond donors (Lipinski definition) is 8. The van der Waals surface area contributed by atoms with Crippen LogP contribution in [0.15, 0.2) is 78.9 Å². The van der Waals surface area contributed by atoms with Gasteiger partial charge in [-0.05, 0) is 76.3 Å². The number of anilines is 1. The lowest BCUT2D eigenvalue weighted by Crippen LogP contribution is -2.57. The Bertz CT molecular complexity index is 2200. The van der Waals surface area contributed by atoms with Crippen LogP contribution in [-0.2, 0) is 51.3 Å². The van der Waals surface area contributed by atoms with Crippen molar-refractivity contribution >= 4 is 53.2 Å². The number of amides is 7. The van der Waals surface area contributed by atoms with Crippen LogP contribution in [0.2, 0.25) is 0 Å². The highest BCUT2D eigenvalue weighted by molar-refractivity contribution is 6.03. The van der Waals surface area contributed by atoms with E-state index in [1.54, 1.807) is 108 Å². The third-order valence-corrected chi connectivity index (χ3v) is 10.6. The summed E-state index contributed by atoms with van der Waals surface area (Å²) in [5.74, 6) is -5.13. The molecule has 3 rings (SSSR count). The Hall–Kier alpha value is -7.02. The molecule has 0 bridgehead atoms. The third kappa shape index (κ3) is 17.7. The Morgan fingerprint density at radius 3 is 1.79 bits per heavy atom. The number of nitrogens with one attached hydrogen (secondary N) is 7. The van der Waals surface area contributed by atoms with Crippen LogP contribution in [0.4, 0.5) is 10.5 Å². The molecule has 19 heteroatoms. The number of benzene rings is 3. The Balaban J connectivity index is 1.87. The van der Waals surface area contributed by atoms with Gasteiger partial charge in [0.15, 0.2) is 0 Å². The predicted octanol–water partition coefficient (Wildman–Crippen LogP) is 3.28. The van der Waals surface area contributed by atoms with E-state index in [1.165, 1.54) is 27.0 Å². The van der Waals surface area contributed by atoms with E-state index in [1.807, 2.05) is 13.0 Å². The number of carbonyl (C=O) groups excluding carboxylic acids is 8. The fourth-order valence-electron chi connectivity index (χ4n) is 6.47. The van der Waals surface area contributed by atoms with Gasteiger partial charge >= 0.3 is 12.1 Å². The van der Waals surface area contributed by atoms with Crippen molar-refractivity contribution in [2.24, 2.45) is 11.8 Å². The van der Waals surface area contributed by atoms with Crippen LogP contribution >= 0.6 is 0 Å². The first-order valence-electron chi connectivity index (χ1n) is 22.4. The summed E-state index contributed by atoms with van der Waals surface area (Å²) in [5.41, 5.74) is 0.468. The number of aliphatic hydroxyl groups is 1. The van der Waals surface area contributed by atoms with Crippen LogP contribution in [-0.4, -0.2) is 108 Å². The minimum Gasteiger partial charge on any atom is -0.489 e. The lowest BCUT2D eigenvalue weighted by molar-refractivity contribution is -0.146. The van der Waals surface area contributed by atoms with E-state index in [0.717, 1.165) is 0 Å². The molecule has 0 spiro atoms. The van der Waals surface area contributed by atoms with Crippen molar-refractivity contribution in [1.82, 2.24) is 31.9 Å². The molecule has 7 amide bonds. The quantitative estimate of drug-likeness (QED) is 0.0637. The second kappa shape index (κ2) is 26.4. The monoisotopic (exact) mass is 945 g/mol. The molecule has 0 aliphatic carbocycles. The lowest BCUT2D eigenvalue weighted by Gasteiger charge is -2.27. The highest BCUT2D eigenvalue weighted by Crippen LogP contribution is 2.21. The summed E-state index contributed by atoms with van der Waals surface area (Å²) in [6.07, 6.45) is -0.440. The number of esters is 1. The Morgan fingerprint density at radius 2 is 1.24 bits per heavy atom. The molecule has 19 nitrogen and oxygen atoms in total. The van der Waals surface area contributed by atoms with Gasteiger partial charge in [0.25, 0.3) is 5.91 Å². The number of hydrogen-bond acceptors (Lipinski definition) is 12. The summed E-state index contributed by atoms with van der Waals surface area (Å²) in [6, 6.07) is 15.2. The molecule has 0 saturated carbocycles. The molecule has 0 radical (unpaired) electrons. The summed E-state index contributed by atoms with van der Waals surface area (Å²) >= 11 is 0. The maximum absolute atomic E-state index is 14.3. The first-order valence-corrected chi connectivity index (χ1v) is 22.4. The minimum atomic E-state index is -1.44. The smallest absolute Gasteiger partial charge is 0.408 e. The summed E-state index contributed by atoms with van der Waals surface area (Å²) in [7, 11) is 1.22. The zero-order valence-electron chi connectivity index (χ0n) is 40.4. The molecule has 7 atom stereocenters. The number of methoxy groups -OCH3 is 1. The molecule has 0 fully saturated rings. The molecule has 0 aromatic heterocycles. The fourth-order valence-corrected chi connectivity index (χ4v) is 6.47. The van der Waals surface area contributed by atoms with Crippen molar-refractivity contribution in [3.05, 3.63) is 95.6 Å². The number of rotatable bonds is 23. The first kappa shape index (κ1) is 55.3. The molecule has 68 heavy (non-hydrogen) atoms. The molecule has 0 aliphatic rings. The van der Waals surface area contributed by atoms with Crippen molar-refractivity contribution in [1.29, 1.82) is 0 Å². The first-order chi connectivity index (χ1) is 32.1. The van der Waals surface area contributed by atoms with Crippen molar-refractivity contribution in [3.8, 4) is 5.75 Å². The standard InChI is InChI=1S/C49H67N7O12/c1-11-29(4)40(46(63)55-39(28(2)3)47(64)66-10)56-43(60)36-25-34(23-22-33(36)27-67-35-20-16-13-17-21-35)52-44(61)37(24-32-18-14-12-15-19-32)53-42(59)31(6)50-41(58)30(5)51-45(62)38(26-57)54-48(65)68-49(7,8)9/h12-23,25,28-31,37-40,57H,11,24,26-27H2,1-10H3,(H,50,58)(H,51,62)(H,52,61)(H,53,59)(H,54,65)(H,55,63)(H,56,60)/t29?,30-,31-,37-,38-,39-,40-/m0/s1. The van der Waals surface area contributed by atoms with Crippen LogP contribution in [0.25, 0.3) is 0 Å². The second-order valence-corrected chi connectivity index (χ2v) is 17.6. The van der Waals surface area contributed by atoms with Crippen LogP contribution in [0.1, 0.15) is 90.2 Å². The van der Waals surface area contributed by atoms with Gasteiger partial charge in [0.2, 0.25) is 29.5 Å². The highest BCUT2D eigenvalue weighted by atomic mass is 16.6. The maximum atomic E-state index is 14.3. The number of para-hydroxylation sites is 1. The fraction of sp³-hybridized carbons (Fsp3) is 0.469. The van der Waals surface area contributed by atoms with Crippen molar-refractivity contribution in [2.75, 3.05) is 19.0 Å². The van der Waals surface area contributed by atoms with Crippen LogP contribution in [0, 0.1) is 11.8 Å². The van der Waals surface area contributed by atoms with Gasteiger partial charge in [0.05, 0.1) is 13.7 Å². The van der Waals surface area contributed by atoms with Gasteiger partial charge in [-0.2, -0.15) is 0 Å². The molecule has 0 heterocycles. The van der Waals surface area contributed by atoms with Crippen LogP contribution < -0.4 is 42.0 Å². The van der Waals surface area contributed by atoms with Gasteiger partial charge in [0, 0.05) is 23.2 Å². The van der Waals surface area contributed by atoms with E-state index in [0.29, 0.717) is 23.3 Å². The number of carbonyl (C=O) groups is 8. The molecule has 0 saturated heterocycles. The third-order valence-electron chi connectivity index (χ3n) is 10.6. The number of aliphatic hydroxyl groups excluding tert-OH is 1. The highest BCUT2D eigenvalue weighted by Gasteiger charge is 2.33. The Labute approximate surface area is 397 Å². The minimum absolute atomic E-state index is 0.0176. The van der Waals surface area contributed by atoms with Crippen molar-refractivity contribution in [3.63, 3.8) is 0 Å². The Kier molecular flexibility index (Phi) is 21.4. The molecule has 3 aromatic rings. The second-order valence-electron chi connectivity index (χ2n) is 17.6. The molecular weight excluding hydrogens is 879 g/mol. The van der Waals surface area contributed by atoms with Gasteiger partial charge in [0.1, 0.15) is 54.2 Å². The average molecular weight is 946 g/mol. The van der Waals surface area contributed by atoms with Gasteiger partial charge in [-0.25, -0.2) is 9.59 Å². The summed E-state index contributed by atoms with van der Waals surface area (Å²) in [6.45, 7) is 13.9. The largest absolute Gasteiger partial charge is 0.489 e. The zero-order valence-corrected chi connectivity index (χ0v) is 40.4. The van der Waals surface area contributed by atoms with Crippen LogP contribution in [0.5, 0.6) is 5.75 Å². The van der Waals surface area contributed by atoms with E-state index < -0.39 is 96.0 Å². The molecular formula is C49H67N7O12. The summed E-state index contributed by atoms with van der Waals surface area (Å²) in [5, 5.41) is 27.9. The molecule has 8 N–H and O–H groups in total. The van der Waals surface area contributed by atoms with E-state index in [2.05, 4.69) is 37.2 Å². The van der Waals surface area contributed by atoms with Gasteiger partial charge in [-0.3, -0.25) is 28.8 Å². The molecule has 3 aromatic carbocycles. The van der Waals surface area contributed by atoms with Crippen molar-refractivity contribution < 1.29 is 57.7 Å². The summed E-state index contributed by atoms with van der Waals surface area (Å²) < 4.78 is 16.0. The zero-order chi connectivity index (χ0) is 50.7. The molecule has 0 aliphatic heterocycles. The summed E-state index contributed by atoms with van der Waals surface area (Å²) in [4.78, 5) is 106. The van der Waals surface area contributed by atoms with Crippen LogP contribution in [0.3, 0.4) is 0 Å². The lowest BCUT2D eigenvalue weighted by atomic mass is 9.96. The average Bonchev–Trinajstić information content (AvgIpc) is 3.30. The van der Waals surface area contributed by atoms with E-state index in [-0.39, 0.29) is 36.1 Å². The predicted molar refractivity (Wildman–Crippen MR) is 253 cm³/mol. The van der Waals surface area contributed by atoms with E-state index in [9.17, 15) is 43.5 Å². The van der Waals surface area contributed by atoms with Crippen molar-refractivity contribution in [2.45, 2.75) is 124 Å². The molecule has 1 unspecified atom stereocenters. The maximum Gasteiger partial charge on any atom is 0.408 e. The number of ether oxygens (including phenoxy) is 3. The SMILES string of the molecule is CCC(C)[C@H](NC(=O)c1cc(NC(=O)[C@H](Cc2ccccc2)NC(=O)[C@H](C)NC(=O)[C@H](C)NC(=O)[C@H](CO)NC(=O)OC(C)(C)C)ccc1COc1ccccc1)C(=O)N[C@H](C(=O)OC)C(C)C. The number of alkyl carbamates (subject to hydrolysis) is 1.